The lowest BCUT2D eigenvalue weighted by Gasteiger charge is -2.26. The lowest BCUT2D eigenvalue weighted by molar-refractivity contribution is -0.132. The normalized spacial score (nSPS) is 14.2. The Labute approximate surface area is 134 Å². The molecule has 0 aliphatic carbocycles. The van der Waals surface area contributed by atoms with Crippen LogP contribution in [0, 0.1) is 23.3 Å². The number of Topliss-reactive ketones (excluding diaryl/α,β-unsaturated/α-hetero) is 1. The van der Waals surface area contributed by atoms with E-state index >= 15 is 0 Å². The first-order valence-corrected chi connectivity index (χ1v) is 6.77. The molecule has 0 radical (unpaired) electrons. The number of aliphatic carboxylic acids is 1. The van der Waals surface area contributed by atoms with E-state index in [-0.39, 0.29) is 6.07 Å². The first kappa shape index (κ1) is 19.6. The van der Waals surface area contributed by atoms with Crippen LogP contribution in [-0.4, -0.2) is 34.1 Å². The van der Waals surface area contributed by atoms with Crippen molar-refractivity contribution in [1.82, 2.24) is 5.32 Å². The number of rotatable bonds is 7. The maximum atomic E-state index is 13.6. The molecule has 0 spiro atoms. The molecule has 0 amide bonds. The number of aliphatic hydroxyl groups is 1. The molecule has 24 heavy (non-hydrogen) atoms. The third-order valence-corrected chi connectivity index (χ3v) is 3.52. The molecule has 0 saturated heterocycles. The molecule has 9 heteroatoms. The number of aliphatic hydroxyl groups excluding tert-OH is 1. The molecule has 1 aromatic rings. The highest BCUT2D eigenvalue weighted by molar-refractivity contribution is 6.23. The molecule has 0 aliphatic heterocycles. The lowest BCUT2D eigenvalue weighted by Crippen LogP contribution is -2.42. The summed E-state index contributed by atoms with van der Waals surface area (Å²) in [5.74, 6) is -11.5. The molecule has 1 unspecified atom stereocenters. The smallest absolute Gasteiger partial charge is 0.341 e. The molecule has 0 saturated carbocycles. The fourth-order valence-electron chi connectivity index (χ4n) is 1.61. The van der Waals surface area contributed by atoms with Gasteiger partial charge in [0.05, 0.1) is 17.7 Å². The molecular formula is C15H15F4NO4. The molecule has 0 aliphatic rings. The fourth-order valence-corrected chi connectivity index (χ4v) is 1.61. The molecule has 0 fully saturated rings. The second kappa shape index (κ2) is 7.43. The van der Waals surface area contributed by atoms with Gasteiger partial charge in [-0.15, -0.1) is 0 Å². The highest BCUT2D eigenvalue weighted by atomic mass is 19.2. The maximum Gasteiger partial charge on any atom is 0.341 e. The monoisotopic (exact) mass is 349 g/mol. The molecule has 1 atom stereocenters. The number of benzene rings is 1. The number of halogens is 4. The summed E-state index contributed by atoms with van der Waals surface area (Å²) in [5.41, 5.74) is -3.27. The van der Waals surface area contributed by atoms with Gasteiger partial charge < -0.3 is 15.5 Å². The van der Waals surface area contributed by atoms with Crippen molar-refractivity contribution in [2.24, 2.45) is 0 Å². The van der Waals surface area contributed by atoms with E-state index in [0.29, 0.717) is 12.6 Å². The average molecular weight is 349 g/mol. The zero-order valence-electron chi connectivity index (χ0n) is 12.8. The van der Waals surface area contributed by atoms with Crippen LogP contribution in [0.15, 0.2) is 17.8 Å². The SMILES string of the molecule is CCC(C)(CO)NC=C(C(=O)O)C(=O)c1cc(F)c(F)c(F)c1F. The zero-order valence-corrected chi connectivity index (χ0v) is 12.8. The Morgan fingerprint density at radius 1 is 1.21 bits per heavy atom. The average Bonchev–Trinajstić information content (AvgIpc) is 2.55. The van der Waals surface area contributed by atoms with E-state index in [1.54, 1.807) is 6.92 Å². The number of ketones is 1. The van der Waals surface area contributed by atoms with Crippen LogP contribution >= 0.6 is 0 Å². The summed E-state index contributed by atoms with van der Waals surface area (Å²) in [6.07, 6.45) is 1.04. The van der Waals surface area contributed by atoms with Crippen molar-refractivity contribution >= 4 is 11.8 Å². The number of carbonyl (C=O) groups is 2. The molecule has 5 nitrogen and oxygen atoms in total. The van der Waals surface area contributed by atoms with Gasteiger partial charge in [-0.2, -0.15) is 0 Å². The lowest BCUT2D eigenvalue weighted by atomic mass is 9.99. The largest absolute Gasteiger partial charge is 0.477 e. The Balaban J connectivity index is 3.34. The van der Waals surface area contributed by atoms with Crippen LogP contribution < -0.4 is 5.32 Å². The van der Waals surface area contributed by atoms with Crippen LogP contribution in [0.5, 0.6) is 0 Å². The van der Waals surface area contributed by atoms with Crippen molar-refractivity contribution in [3.05, 3.63) is 46.7 Å². The minimum absolute atomic E-state index is 0.0813. The van der Waals surface area contributed by atoms with Crippen molar-refractivity contribution in [2.75, 3.05) is 6.61 Å². The number of hydrogen-bond donors (Lipinski definition) is 3. The Hall–Kier alpha value is -2.42. The topological polar surface area (TPSA) is 86.6 Å². The molecular weight excluding hydrogens is 334 g/mol. The second-order valence-corrected chi connectivity index (χ2v) is 5.26. The number of carboxylic acid groups (broad SMARTS) is 1. The van der Waals surface area contributed by atoms with Gasteiger partial charge in [0.15, 0.2) is 23.3 Å². The Morgan fingerprint density at radius 2 is 1.79 bits per heavy atom. The summed E-state index contributed by atoms with van der Waals surface area (Å²) in [4.78, 5) is 23.2. The summed E-state index contributed by atoms with van der Waals surface area (Å²) >= 11 is 0. The molecule has 3 N–H and O–H groups in total. The van der Waals surface area contributed by atoms with Gasteiger partial charge in [-0.1, -0.05) is 6.92 Å². The molecule has 132 valence electrons. The van der Waals surface area contributed by atoms with E-state index < -0.39 is 58.3 Å². The number of nitrogens with one attached hydrogen (secondary N) is 1. The van der Waals surface area contributed by atoms with Gasteiger partial charge in [-0.25, -0.2) is 22.4 Å². The van der Waals surface area contributed by atoms with Crippen molar-refractivity contribution in [3.63, 3.8) is 0 Å². The Bertz CT molecular complexity index is 699. The second-order valence-electron chi connectivity index (χ2n) is 5.26. The molecule has 0 heterocycles. The minimum Gasteiger partial charge on any atom is -0.477 e. The van der Waals surface area contributed by atoms with Gasteiger partial charge in [0.2, 0.25) is 5.78 Å². The Kier molecular flexibility index (Phi) is 6.08. The first-order chi connectivity index (χ1) is 11.1. The van der Waals surface area contributed by atoms with Gasteiger partial charge in [0, 0.05) is 6.20 Å². The van der Waals surface area contributed by atoms with Crippen LogP contribution in [0.25, 0.3) is 0 Å². The van der Waals surface area contributed by atoms with E-state index in [1.165, 1.54) is 6.92 Å². The Morgan fingerprint density at radius 3 is 2.25 bits per heavy atom. The number of carbonyl (C=O) groups excluding carboxylic acids is 1. The predicted octanol–water partition coefficient (Wildman–Crippen LogP) is 2.14. The third-order valence-electron chi connectivity index (χ3n) is 3.52. The number of hydrogen-bond acceptors (Lipinski definition) is 4. The summed E-state index contributed by atoms with van der Waals surface area (Å²) in [7, 11) is 0. The number of carboxylic acids is 1. The molecule has 0 bridgehead atoms. The van der Waals surface area contributed by atoms with E-state index in [9.17, 15) is 32.3 Å². The highest BCUT2D eigenvalue weighted by Gasteiger charge is 2.28. The summed E-state index contributed by atoms with van der Waals surface area (Å²) in [5, 5.41) is 20.8. The predicted molar refractivity (Wildman–Crippen MR) is 75.2 cm³/mol. The van der Waals surface area contributed by atoms with Crippen LogP contribution in [0.1, 0.15) is 30.6 Å². The highest BCUT2D eigenvalue weighted by Crippen LogP contribution is 2.21. The standard InChI is InChI=1S/C15H15F4NO4/c1-3-15(2,6-21)20-5-8(14(23)24)13(22)7-4-9(16)11(18)12(19)10(7)17/h4-5,20-21H,3,6H2,1-2H3,(H,23,24). The van der Waals surface area contributed by atoms with Crippen molar-refractivity contribution < 1.29 is 37.4 Å². The van der Waals surface area contributed by atoms with E-state index in [2.05, 4.69) is 5.32 Å². The van der Waals surface area contributed by atoms with Gasteiger partial charge in [-0.05, 0) is 19.4 Å². The van der Waals surface area contributed by atoms with Gasteiger partial charge in [0.25, 0.3) is 0 Å². The van der Waals surface area contributed by atoms with Crippen molar-refractivity contribution in [3.8, 4) is 0 Å². The first-order valence-electron chi connectivity index (χ1n) is 6.77. The van der Waals surface area contributed by atoms with Crippen molar-refractivity contribution in [1.29, 1.82) is 0 Å². The zero-order chi connectivity index (χ0) is 18.7. The molecule has 1 aromatic carbocycles. The van der Waals surface area contributed by atoms with Crippen LogP contribution in [0.4, 0.5) is 17.6 Å². The van der Waals surface area contributed by atoms with Crippen LogP contribution in [0.3, 0.4) is 0 Å². The fraction of sp³-hybridized carbons (Fsp3) is 0.333. The van der Waals surface area contributed by atoms with Gasteiger partial charge in [0.1, 0.15) is 5.57 Å². The quantitative estimate of drug-likeness (QED) is 0.134. The van der Waals surface area contributed by atoms with Crippen LogP contribution in [0.2, 0.25) is 0 Å². The van der Waals surface area contributed by atoms with E-state index in [0.717, 1.165) is 0 Å². The van der Waals surface area contributed by atoms with E-state index in [1.807, 2.05) is 0 Å². The molecule has 1 rings (SSSR count). The summed E-state index contributed by atoms with van der Waals surface area (Å²) < 4.78 is 52.9. The maximum absolute atomic E-state index is 13.6. The van der Waals surface area contributed by atoms with Gasteiger partial charge in [-0.3, -0.25) is 4.79 Å². The van der Waals surface area contributed by atoms with Gasteiger partial charge >= 0.3 is 5.97 Å². The summed E-state index contributed by atoms with van der Waals surface area (Å²) in [6, 6.07) is 0.0813. The van der Waals surface area contributed by atoms with Crippen molar-refractivity contribution in [2.45, 2.75) is 25.8 Å². The third kappa shape index (κ3) is 3.91. The molecule has 0 aromatic heterocycles. The minimum atomic E-state index is -2.22. The van der Waals surface area contributed by atoms with Crippen LogP contribution in [-0.2, 0) is 4.79 Å². The summed E-state index contributed by atoms with van der Waals surface area (Å²) in [6.45, 7) is 2.78. The van der Waals surface area contributed by atoms with E-state index in [4.69, 9.17) is 5.11 Å².